The maximum absolute atomic E-state index is 13.0. The van der Waals surface area contributed by atoms with E-state index in [4.69, 9.17) is 4.74 Å². The normalized spacial score (nSPS) is 30.3. The van der Waals surface area contributed by atoms with E-state index < -0.39 is 5.60 Å². The lowest BCUT2D eigenvalue weighted by atomic mass is 9.80. The molecule has 0 aliphatic carbocycles. The molecule has 1 spiro atoms. The highest BCUT2D eigenvalue weighted by atomic mass is 16.5. The van der Waals surface area contributed by atoms with E-state index in [9.17, 15) is 15.0 Å². The summed E-state index contributed by atoms with van der Waals surface area (Å²) in [6, 6.07) is 10.1. The Morgan fingerprint density at radius 1 is 1.07 bits per heavy atom. The molecule has 3 aliphatic heterocycles. The van der Waals surface area contributed by atoms with Crippen molar-refractivity contribution in [2.75, 3.05) is 33.2 Å². The Labute approximate surface area is 167 Å². The largest absolute Gasteiger partial charge is 0.393 e. The second kappa shape index (κ2) is 7.75. The number of aliphatic hydroxyl groups is 2. The minimum absolute atomic E-state index is 0.106. The number of hydrogen-bond donors (Lipinski definition) is 2. The van der Waals surface area contributed by atoms with Crippen LogP contribution in [0, 0.1) is 0 Å². The van der Waals surface area contributed by atoms with Crippen LogP contribution in [0.1, 0.15) is 50.2 Å². The molecule has 28 heavy (non-hydrogen) atoms. The van der Waals surface area contributed by atoms with Crippen LogP contribution in [-0.2, 0) is 9.53 Å². The van der Waals surface area contributed by atoms with Crippen LogP contribution in [-0.4, -0.2) is 76.5 Å². The number of benzene rings is 1. The minimum Gasteiger partial charge on any atom is -0.393 e. The molecule has 1 amide bonds. The molecule has 1 aromatic rings. The highest BCUT2D eigenvalue weighted by Crippen LogP contribution is 2.43. The molecule has 6 heteroatoms. The molecule has 154 valence electrons. The Morgan fingerprint density at radius 3 is 2.36 bits per heavy atom. The minimum atomic E-state index is -1.23. The molecule has 3 heterocycles. The van der Waals surface area contributed by atoms with Crippen LogP contribution in [0.4, 0.5) is 0 Å². The van der Waals surface area contributed by atoms with E-state index in [1.807, 2.05) is 37.4 Å². The lowest BCUT2D eigenvalue weighted by molar-refractivity contribution is -0.190. The van der Waals surface area contributed by atoms with Crippen molar-refractivity contribution >= 4 is 5.91 Å². The summed E-state index contributed by atoms with van der Waals surface area (Å²) in [6.45, 7) is 2.64. The first-order chi connectivity index (χ1) is 13.4. The van der Waals surface area contributed by atoms with Crippen LogP contribution in [0.15, 0.2) is 30.3 Å². The third-order valence-electron chi connectivity index (χ3n) is 6.83. The number of nitrogens with zero attached hydrogens (tertiary/aromatic N) is 2. The zero-order chi connectivity index (χ0) is 19.8. The van der Waals surface area contributed by atoms with Gasteiger partial charge in [0.05, 0.1) is 17.8 Å². The molecule has 3 aliphatic rings. The number of ether oxygens (including phenoxy) is 1. The van der Waals surface area contributed by atoms with Gasteiger partial charge in [0.2, 0.25) is 0 Å². The van der Waals surface area contributed by atoms with Crippen LogP contribution < -0.4 is 0 Å². The molecule has 0 bridgehead atoms. The fourth-order valence-electron chi connectivity index (χ4n) is 4.97. The van der Waals surface area contributed by atoms with Gasteiger partial charge in [0, 0.05) is 39.0 Å². The number of piperidine rings is 2. The van der Waals surface area contributed by atoms with E-state index in [0.29, 0.717) is 51.6 Å². The molecular weight excluding hydrogens is 356 g/mol. The second-order valence-corrected chi connectivity index (χ2v) is 8.92. The van der Waals surface area contributed by atoms with Gasteiger partial charge in [0.25, 0.3) is 5.91 Å². The Bertz CT molecular complexity index is 679. The third kappa shape index (κ3) is 3.96. The van der Waals surface area contributed by atoms with Crippen molar-refractivity contribution in [2.24, 2.45) is 0 Å². The number of likely N-dealkylation sites (tertiary alicyclic amines) is 2. The van der Waals surface area contributed by atoms with Crippen molar-refractivity contribution in [3.05, 3.63) is 35.9 Å². The number of rotatable bonds is 2. The predicted molar refractivity (Wildman–Crippen MR) is 106 cm³/mol. The third-order valence-corrected chi connectivity index (χ3v) is 6.83. The van der Waals surface area contributed by atoms with E-state index in [2.05, 4.69) is 4.90 Å². The van der Waals surface area contributed by atoms with E-state index in [1.54, 1.807) is 4.90 Å². The predicted octanol–water partition coefficient (Wildman–Crippen LogP) is 1.72. The first-order valence-corrected chi connectivity index (χ1v) is 10.5. The van der Waals surface area contributed by atoms with Crippen molar-refractivity contribution in [2.45, 2.75) is 61.9 Å². The van der Waals surface area contributed by atoms with Gasteiger partial charge in [-0.3, -0.25) is 4.79 Å². The average molecular weight is 389 g/mol. The standard InChI is InChI=1S/C22H32N2O4/c1-23-11-9-22(27,10-12-23)20(26)24-13-7-21(8-14-24)16-18(25)15-19(28-21)17-5-3-2-4-6-17/h2-6,18-19,25,27H,7-16H2,1H3/t18-,19-/m1/s1. The number of carbonyl (C=O) groups excluding carboxylic acids is 1. The van der Waals surface area contributed by atoms with Gasteiger partial charge in [-0.2, -0.15) is 0 Å². The van der Waals surface area contributed by atoms with Crippen LogP contribution in [0.2, 0.25) is 0 Å². The lowest BCUT2D eigenvalue weighted by Gasteiger charge is -2.49. The molecule has 4 rings (SSSR count). The SMILES string of the molecule is CN1CCC(O)(C(=O)N2CCC3(CC2)C[C@H](O)C[C@H](c2ccccc2)O3)CC1. The van der Waals surface area contributed by atoms with Gasteiger partial charge in [0.15, 0.2) is 0 Å². The summed E-state index contributed by atoms with van der Waals surface area (Å²) < 4.78 is 6.52. The molecule has 0 aromatic heterocycles. The van der Waals surface area contributed by atoms with Crippen molar-refractivity contribution in [3.63, 3.8) is 0 Å². The van der Waals surface area contributed by atoms with E-state index in [-0.39, 0.29) is 23.7 Å². The zero-order valence-electron chi connectivity index (χ0n) is 16.7. The summed E-state index contributed by atoms with van der Waals surface area (Å²) >= 11 is 0. The Kier molecular flexibility index (Phi) is 5.49. The summed E-state index contributed by atoms with van der Waals surface area (Å²) in [5.74, 6) is -0.133. The monoisotopic (exact) mass is 388 g/mol. The maximum atomic E-state index is 13.0. The summed E-state index contributed by atoms with van der Waals surface area (Å²) in [6.07, 6.45) is 3.13. The first kappa shape index (κ1) is 19.8. The summed E-state index contributed by atoms with van der Waals surface area (Å²) in [7, 11) is 2.02. The molecule has 0 saturated carbocycles. The summed E-state index contributed by atoms with van der Waals surface area (Å²) in [4.78, 5) is 16.9. The van der Waals surface area contributed by atoms with Crippen molar-refractivity contribution in [1.82, 2.24) is 9.80 Å². The van der Waals surface area contributed by atoms with Gasteiger partial charge in [-0.05, 0) is 38.3 Å². The molecule has 0 radical (unpaired) electrons. The topological polar surface area (TPSA) is 73.2 Å². The smallest absolute Gasteiger partial charge is 0.254 e. The van der Waals surface area contributed by atoms with Gasteiger partial charge in [-0.1, -0.05) is 30.3 Å². The van der Waals surface area contributed by atoms with E-state index in [1.165, 1.54) is 0 Å². The number of hydrogen-bond acceptors (Lipinski definition) is 5. The Balaban J connectivity index is 1.40. The van der Waals surface area contributed by atoms with Crippen molar-refractivity contribution < 1.29 is 19.7 Å². The van der Waals surface area contributed by atoms with E-state index in [0.717, 1.165) is 18.7 Å². The lowest BCUT2D eigenvalue weighted by Crippen LogP contribution is -2.58. The van der Waals surface area contributed by atoms with Gasteiger partial charge in [-0.25, -0.2) is 0 Å². The molecule has 0 unspecified atom stereocenters. The van der Waals surface area contributed by atoms with Crippen molar-refractivity contribution in [1.29, 1.82) is 0 Å². The molecular formula is C22H32N2O4. The Morgan fingerprint density at radius 2 is 1.71 bits per heavy atom. The van der Waals surface area contributed by atoms with Crippen molar-refractivity contribution in [3.8, 4) is 0 Å². The zero-order valence-corrected chi connectivity index (χ0v) is 16.7. The van der Waals surface area contributed by atoms with Crippen LogP contribution >= 0.6 is 0 Å². The highest BCUT2D eigenvalue weighted by molar-refractivity contribution is 5.85. The fourth-order valence-corrected chi connectivity index (χ4v) is 4.97. The van der Waals surface area contributed by atoms with Crippen LogP contribution in [0.3, 0.4) is 0 Å². The summed E-state index contributed by atoms with van der Waals surface area (Å²) in [5.41, 5.74) is -0.513. The van der Waals surface area contributed by atoms with Crippen LogP contribution in [0.5, 0.6) is 0 Å². The molecule has 2 N–H and O–H groups in total. The average Bonchev–Trinajstić information content (AvgIpc) is 2.70. The fraction of sp³-hybridized carbons (Fsp3) is 0.682. The van der Waals surface area contributed by atoms with E-state index >= 15 is 0 Å². The van der Waals surface area contributed by atoms with Crippen LogP contribution in [0.25, 0.3) is 0 Å². The quantitative estimate of drug-likeness (QED) is 0.807. The number of amides is 1. The van der Waals surface area contributed by atoms with Gasteiger partial charge < -0.3 is 24.7 Å². The molecule has 3 saturated heterocycles. The summed E-state index contributed by atoms with van der Waals surface area (Å²) in [5, 5.41) is 21.4. The molecule has 2 atom stereocenters. The molecule has 6 nitrogen and oxygen atoms in total. The highest BCUT2D eigenvalue weighted by Gasteiger charge is 2.47. The maximum Gasteiger partial charge on any atom is 0.254 e. The van der Waals surface area contributed by atoms with Gasteiger partial charge in [-0.15, -0.1) is 0 Å². The second-order valence-electron chi connectivity index (χ2n) is 8.92. The Hall–Kier alpha value is -1.47. The van der Waals surface area contributed by atoms with Gasteiger partial charge >= 0.3 is 0 Å². The molecule has 3 fully saturated rings. The first-order valence-electron chi connectivity index (χ1n) is 10.5. The molecule has 1 aromatic carbocycles. The van der Waals surface area contributed by atoms with Gasteiger partial charge in [0.1, 0.15) is 5.60 Å². The number of carbonyl (C=O) groups is 1. The number of aliphatic hydroxyl groups excluding tert-OH is 1.